The van der Waals surface area contributed by atoms with Gasteiger partial charge in [-0.1, -0.05) is 48.5 Å². The number of aromatic nitrogens is 1. The minimum absolute atomic E-state index is 0.111. The second-order valence-corrected chi connectivity index (χ2v) is 5.77. The molecule has 4 nitrogen and oxygen atoms in total. The van der Waals surface area contributed by atoms with Gasteiger partial charge in [0, 0.05) is 23.1 Å². The Morgan fingerprint density at radius 1 is 1.09 bits per heavy atom. The summed E-state index contributed by atoms with van der Waals surface area (Å²) in [5.74, 6) is 0. The smallest absolute Gasteiger partial charge is 0.319 e. The van der Waals surface area contributed by atoms with Gasteiger partial charge in [-0.3, -0.25) is 0 Å². The van der Waals surface area contributed by atoms with Crippen molar-refractivity contribution in [2.24, 2.45) is 0 Å². The molecule has 1 heterocycles. The van der Waals surface area contributed by atoms with Crippen LogP contribution in [0.3, 0.4) is 0 Å². The van der Waals surface area contributed by atoms with Crippen molar-refractivity contribution >= 4 is 22.6 Å². The molecule has 2 aromatic carbocycles. The van der Waals surface area contributed by atoms with Gasteiger partial charge in [0.1, 0.15) is 0 Å². The number of carbonyl (C=O) groups is 1. The predicted octanol–water partition coefficient (Wildman–Crippen LogP) is 4.31. The fourth-order valence-corrected chi connectivity index (χ4v) is 2.66. The van der Waals surface area contributed by atoms with Gasteiger partial charge in [0.25, 0.3) is 0 Å². The third-order valence-electron chi connectivity index (χ3n) is 3.92. The Labute approximate surface area is 135 Å². The second kappa shape index (κ2) is 7.01. The summed E-state index contributed by atoms with van der Waals surface area (Å²) in [4.78, 5) is 15.3. The molecule has 0 bridgehead atoms. The first kappa shape index (κ1) is 15.2. The Bertz CT molecular complexity index is 779. The number of hydrogen-bond donors (Lipinski definition) is 3. The van der Waals surface area contributed by atoms with Gasteiger partial charge in [-0.05, 0) is 31.4 Å². The van der Waals surface area contributed by atoms with Crippen molar-refractivity contribution in [2.75, 3.05) is 5.32 Å². The van der Waals surface area contributed by atoms with Crippen molar-refractivity contribution in [1.29, 1.82) is 0 Å². The number of aryl methyl sites for hydroxylation is 1. The van der Waals surface area contributed by atoms with E-state index in [9.17, 15) is 4.79 Å². The third-order valence-corrected chi connectivity index (χ3v) is 3.92. The molecule has 0 saturated carbocycles. The fraction of sp³-hybridized carbons (Fsp3) is 0.211. The van der Waals surface area contributed by atoms with Crippen LogP contribution in [0.5, 0.6) is 0 Å². The summed E-state index contributed by atoms with van der Waals surface area (Å²) in [6.45, 7) is 2.03. The maximum Gasteiger partial charge on any atom is 0.319 e. The molecule has 2 amide bonds. The number of nitrogens with one attached hydrogen (secondary N) is 3. The molecular weight excluding hydrogens is 286 g/mol. The molecule has 0 aliphatic rings. The van der Waals surface area contributed by atoms with Crippen LogP contribution in [-0.2, 0) is 6.42 Å². The second-order valence-electron chi connectivity index (χ2n) is 5.77. The lowest BCUT2D eigenvalue weighted by atomic mass is 10.1. The van der Waals surface area contributed by atoms with Crippen molar-refractivity contribution in [3.05, 3.63) is 66.4 Å². The first-order chi connectivity index (χ1) is 11.2. The molecule has 0 unspecified atom stereocenters. The summed E-state index contributed by atoms with van der Waals surface area (Å²) >= 11 is 0. The van der Waals surface area contributed by atoms with Gasteiger partial charge in [0.05, 0.1) is 5.69 Å². The molecule has 3 N–H and O–H groups in total. The zero-order valence-electron chi connectivity index (χ0n) is 13.2. The number of anilines is 1. The molecule has 0 aliphatic heterocycles. The van der Waals surface area contributed by atoms with Crippen molar-refractivity contribution in [3.63, 3.8) is 0 Å². The van der Waals surface area contributed by atoms with Crippen molar-refractivity contribution in [3.8, 4) is 0 Å². The lowest BCUT2D eigenvalue weighted by molar-refractivity contribution is 0.248. The van der Waals surface area contributed by atoms with Crippen LogP contribution >= 0.6 is 0 Å². The SMILES string of the molecule is C[C@H](CCc1ccccc1)NC(=O)Nc1c[nH]c2ccccc12. The largest absolute Gasteiger partial charge is 0.359 e. The highest BCUT2D eigenvalue weighted by molar-refractivity contribution is 6.00. The number of aromatic amines is 1. The average molecular weight is 307 g/mol. The minimum atomic E-state index is -0.171. The molecule has 23 heavy (non-hydrogen) atoms. The van der Waals surface area contributed by atoms with Crippen LogP contribution in [-0.4, -0.2) is 17.1 Å². The van der Waals surface area contributed by atoms with E-state index in [1.807, 2.05) is 55.6 Å². The number of para-hydroxylation sites is 1. The van der Waals surface area contributed by atoms with Gasteiger partial charge >= 0.3 is 6.03 Å². The number of rotatable bonds is 5. The van der Waals surface area contributed by atoms with E-state index in [2.05, 4.69) is 27.8 Å². The number of H-pyrrole nitrogens is 1. The number of benzene rings is 2. The van der Waals surface area contributed by atoms with Gasteiger partial charge in [0.2, 0.25) is 0 Å². The van der Waals surface area contributed by atoms with Gasteiger partial charge in [-0.25, -0.2) is 4.79 Å². The maximum absolute atomic E-state index is 12.1. The highest BCUT2D eigenvalue weighted by atomic mass is 16.2. The van der Waals surface area contributed by atoms with E-state index in [0.29, 0.717) is 0 Å². The number of carbonyl (C=O) groups excluding carboxylic acids is 1. The highest BCUT2D eigenvalue weighted by Crippen LogP contribution is 2.22. The predicted molar refractivity (Wildman–Crippen MR) is 94.7 cm³/mol. The molecule has 0 aliphatic carbocycles. The Morgan fingerprint density at radius 2 is 1.83 bits per heavy atom. The van der Waals surface area contributed by atoms with Crippen LogP contribution in [0.25, 0.3) is 10.9 Å². The lowest BCUT2D eigenvalue weighted by Gasteiger charge is -2.14. The molecule has 118 valence electrons. The molecule has 4 heteroatoms. The van der Waals surface area contributed by atoms with Crippen LogP contribution in [0, 0.1) is 0 Å². The standard InChI is InChI=1S/C19H21N3O/c1-14(11-12-15-7-3-2-4-8-15)21-19(23)22-18-13-20-17-10-6-5-9-16(17)18/h2-10,13-14,20H,11-12H2,1H3,(H2,21,22,23)/t14-/m1/s1. The summed E-state index contributed by atoms with van der Waals surface area (Å²) in [6.07, 6.45) is 3.68. The van der Waals surface area contributed by atoms with Crippen LogP contribution in [0.1, 0.15) is 18.9 Å². The Balaban J connectivity index is 1.52. The molecule has 1 aromatic heterocycles. The van der Waals surface area contributed by atoms with Gasteiger partial charge < -0.3 is 15.6 Å². The minimum Gasteiger partial charge on any atom is -0.359 e. The summed E-state index contributed by atoms with van der Waals surface area (Å²) in [5, 5.41) is 6.92. The number of fused-ring (bicyclic) bond motifs is 1. The van der Waals surface area contributed by atoms with E-state index in [0.717, 1.165) is 29.4 Å². The number of amides is 2. The quantitative estimate of drug-likeness (QED) is 0.646. The van der Waals surface area contributed by atoms with E-state index in [-0.39, 0.29) is 12.1 Å². The molecular formula is C19H21N3O. The zero-order valence-corrected chi connectivity index (χ0v) is 13.2. The van der Waals surface area contributed by atoms with E-state index >= 15 is 0 Å². The van der Waals surface area contributed by atoms with Crippen molar-refractivity contribution in [1.82, 2.24) is 10.3 Å². The van der Waals surface area contributed by atoms with Gasteiger partial charge in [0.15, 0.2) is 0 Å². The van der Waals surface area contributed by atoms with Crippen LogP contribution < -0.4 is 10.6 Å². The summed E-state index contributed by atoms with van der Waals surface area (Å²) in [6, 6.07) is 18.2. The fourth-order valence-electron chi connectivity index (χ4n) is 2.66. The highest BCUT2D eigenvalue weighted by Gasteiger charge is 2.10. The van der Waals surface area contributed by atoms with Gasteiger partial charge in [-0.15, -0.1) is 0 Å². The first-order valence-electron chi connectivity index (χ1n) is 7.90. The molecule has 3 aromatic rings. The van der Waals surface area contributed by atoms with Crippen LogP contribution in [0.15, 0.2) is 60.8 Å². The lowest BCUT2D eigenvalue weighted by Crippen LogP contribution is -2.36. The molecule has 3 rings (SSSR count). The van der Waals surface area contributed by atoms with Crippen LogP contribution in [0.2, 0.25) is 0 Å². The molecule has 0 fully saturated rings. The van der Waals surface area contributed by atoms with E-state index in [1.54, 1.807) is 0 Å². The summed E-state index contributed by atoms with van der Waals surface area (Å²) in [7, 11) is 0. The van der Waals surface area contributed by atoms with E-state index < -0.39 is 0 Å². The Morgan fingerprint density at radius 3 is 2.65 bits per heavy atom. The Kier molecular flexibility index (Phi) is 4.62. The average Bonchev–Trinajstić information content (AvgIpc) is 2.97. The molecule has 0 spiro atoms. The van der Waals surface area contributed by atoms with Crippen molar-refractivity contribution in [2.45, 2.75) is 25.8 Å². The Hall–Kier alpha value is -2.75. The summed E-state index contributed by atoms with van der Waals surface area (Å²) < 4.78 is 0. The van der Waals surface area contributed by atoms with Crippen molar-refractivity contribution < 1.29 is 4.79 Å². The number of hydrogen-bond acceptors (Lipinski definition) is 1. The van der Waals surface area contributed by atoms with E-state index in [4.69, 9.17) is 0 Å². The maximum atomic E-state index is 12.1. The first-order valence-corrected chi connectivity index (χ1v) is 7.90. The monoisotopic (exact) mass is 307 g/mol. The van der Waals surface area contributed by atoms with Crippen LogP contribution in [0.4, 0.5) is 10.5 Å². The zero-order chi connectivity index (χ0) is 16.1. The third kappa shape index (κ3) is 3.92. The molecule has 0 saturated heterocycles. The topological polar surface area (TPSA) is 56.9 Å². The summed E-state index contributed by atoms with van der Waals surface area (Å²) in [5.41, 5.74) is 3.10. The number of urea groups is 1. The van der Waals surface area contributed by atoms with E-state index in [1.165, 1.54) is 5.56 Å². The normalized spacial score (nSPS) is 12.0. The van der Waals surface area contributed by atoms with Gasteiger partial charge in [-0.2, -0.15) is 0 Å². The molecule has 0 radical (unpaired) electrons. The molecule has 1 atom stereocenters.